The molecule has 0 saturated carbocycles. The molecule has 3 aromatic carbocycles. The van der Waals surface area contributed by atoms with Gasteiger partial charge in [-0.2, -0.15) is 0 Å². The van der Waals surface area contributed by atoms with E-state index < -0.39 is 30.7 Å². The Kier molecular flexibility index (Phi) is 9.68. The predicted octanol–water partition coefficient (Wildman–Crippen LogP) is 4.76. The van der Waals surface area contributed by atoms with E-state index in [1.165, 1.54) is 0 Å². The summed E-state index contributed by atoms with van der Waals surface area (Å²) in [5.74, 6) is 0. The van der Waals surface area contributed by atoms with Crippen molar-refractivity contribution in [1.82, 2.24) is 0 Å². The molecule has 186 valence electrons. The van der Waals surface area contributed by atoms with Gasteiger partial charge in [-0.3, -0.25) is 0 Å². The Balaban J connectivity index is 1.56. The number of aliphatic hydroxyl groups excluding tert-OH is 1. The normalized spacial score (nSPS) is 24.4. The Morgan fingerprint density at radius 3 is 1.69 bits per heavy atom. The summed E-state index contributed by atoms with van der Waals surface area (Å²) in [5, 5.41) is 10.8. The van der Waals surface area contributed by atoms with Crippen LogP contribution in [0.1, 0.15) is 16.7 Å². The quantitative estimate of drug-likeness (QED) is 0.411. The van der Waals surface area contributed by atoms with Crippen LogP contribution in [0.5, 0.6) is 0 Å². The molecule has 0 spiro atoms. The van der Waals surface area contributed by atoms with Gasteiger partial charge in [0.05, 0.1) is 26.4 Å². The maximum atomic E-state index is 10.1. The number of aliphatic hydroxyl groups is 1. The summed E-state index contributed by atoms with van der Waals surface area (Å²) in [6, 6.07) is 27.2. The minimum atomic E-state index is -0.739. The molecule has 1 aliphatic heterocycles. The van der Waals surface area contributed by atoms with E-state index in [4.69, 9.17) is 35.3 Å². The van der Waals surface area contributed by atoms with Crippen molar-refractivity contribution in [2.75, 3.05) is 13.7 Å². The molecule has 4 rings (SSSR count). The van der Waals surface area contributed by atoms with Crippen molar-refractivity contribution in [3.8, 4) is 0 Å². The van der Waals surface area contributed by atoms with E-state index in [0.29, 0.717) is 24.8 Å². The van der Waals surface area contributed by atoms with E-state index in [-0.39, 0.29) is 6.61 Å². The molecule has 7 heteroatoms. The van der Waals surface area contributed by atoms with Crippen molar-refractivity contribution < 1.29 is 28.8 Å². The lowest BCUT2D eigenvalue weighted by Gasteiger charge is -2.45. The minimum absolute atomic E-state index is 0.242. The molecule has 1 aliphatic rings. The van der Waals surface area contributed by atoms with Gasteiger partial charge in [0.2, 0.25) is 0 Å². The lowest BCUT2D eigenvalue weighted by Crippen LogP contribution is -2.61. The minimum Gasteiger partial charge on any atom is -0.394 e. The fourth-order valence-electron chi connectivity index (χ4n) is 4.09. The summed E-state index contributed by atoms with van der Waals surface area (Å²) >= 11 is 6.02. The Labute approximate surface area is 211 Å². The van der Waals surface area contributed by atoms with E-state index in [1.54, 1.807) is 7.11 Å². The molecule has 6 nitrogen and oxygen atoms in total. The molecule has 0 amide bonds. The maximum Gasteiger partial charge on any atom is 0.186 e. The Morgan fingerprint density at radius 1 is 0.686 bits per heavy atom. The molecule has 3 aromatic rings. The number of halogens is 1. The van der Waals surface area contributed by atoms with E-state index in [2.05, 4.69) is 0 Å². The third-order valence-corrected chi connectivity index (χ3v) is 6.18. The first-order valence-electron chi connectivity index (χ1n) is 11.6. The molecule has 0 aromatic heterocycles. The van der Waals surface area contributed by atoms with Gasteiger partial charge in [-0.15, -0.1) is 0 Å². The highest BCUT2D eigenvalue weighted by Gasteiger charge is 2.48. The Morgan fingerprint density at radius 2 is 1.17 bits per heavy atom. The second-order valence-corrected chi connectivity index (χ2v) is 8.82. The molecular weight excluding hydrogens is 468 g/mol. The van der Waals surface area contributed by atoms with Crippen LogP contribution in [0.3, 0.4) is 0 Å². The first kappa shape index (κ1) is 25.8. The van der Waals surface area contributed by atoms with Crippen molar-refractivity contribution >= 4 is 11.6 Å². The van der Waals surface area contributed by atoms with Gasteiger partial charge in [0.1, 0.15) is 24.4 Å². The zero-order valence-corrected chi connectivity index (χ0v) is 20.4. The molecule has 35 heavy (non-hydrogen) atoms. The van der Waals surface area contributed by atoms with Gasteiger partial charge in [-0.1, -0.05) is 84.4 Å². The van der Waals surface area contributed by atoms with Crippen LogP contribution in [-0.2, 0) is 43.5 Å². The number of methoxy groups -OCH3 is 1. The summed E-state index contributed by atoms with van der Waals surface area (Å²) in [6.45, 7) is 0.768. The molecule has 1 N–H and O–H groups in total. The average Bonchev–Trinajstić information content (AvgIpc) is 2.91. The van der Waals surface area contributed by atoms with Crippen LogP contribution in [0.4, 0.5) is 0 Å². The van der Waals surface area contributed by atoms with E-state index in [1.807, 2.05) is 84.9 Å². The smallest absolute Gasteiger partial charge is 0.186 e. The molecule has 0 radical (unpaired) electrons. The van der Waals surface area contributed by atoms with Gasteiger partial charge in [0.15, 0.2) is 6.29 Å². The van der Waals surface area contributed by atoms with Gasteiger partial charge in [-0.05, 0) is 28.8 Å². The van der Waals surface area contributed by atoms with Gasteiger partial charge in [0, 0.05) is 12.1 Å². The summed E-state index contributed by atoms with van der Waals surface area (Å²) in [6.07, 6.45) is -3.10. The van der Waals surface area contributed by atoms with Crippen molar-refractivity contribution in [3.63, 3.8) is 0 Å². The molecular formula is C28H31ClO6. The SMILES string of the molecule is CO[C@@H]1O[C@H](CO)[C@@H](OCc2ccccc2)[C@H](OCc2ccccc2)[C@H]1OCc1ccc(Cl)cc1. The van der Waals surface area contributed by atoms with Crippen LogP contribution in [0.25, 0.3) is 0 Å². The summed E-state index contributed by atoms with van der Waals surface area (Å²) in [7, 11) is 1.55. The predicted molar refractivity (Wildman–Crippen MR) is 133 cm³/mol. The average molecular weight is 499 g/mol. The standard InChI is InChI=1S/C28H31ClO6/c1-31-28-27(34-19-22-12-14-23(29)15-13-22)26(33-18-21-10-6-3-7-11-21)25(24(16-30)35-28)32-17-20-8-4-2-5-9-20/h2-15,24-28,30H,16-19H2,1H3/t24-,25-,26+,27-,28-/m1/s1. The third kappa shape index (κ3) is 7.12. The van der Waals surface area contributed by atoms with Crippen LogP contribution >= 0.6 is 11.6 Å². The molecule has 1 saturated heterocycles. The molecule has 0 bridgehead atoms. The topological polar surface area (TPSA) is 66.4 Å². The largest absolute Gasteiger partial charge is 0.394 e. The molecule has 1 fully saturated rings. The highest BCUT2D eigenvalue weighted by atomic mass is 35.5. The van der Waals surface area contributed by atoms with Gasteiger partial charge >= 0.3 is 0 Å². The van der Waals surface area contributed by atoms with Crippen molar-refractivity contribution in [2.24, 2.45) is 0 Å². The molecule has 5 atom stereocenters. The van der Waals surface area contributed by atoms with Crippen molar-refractivity contribution in [2.45, 2.75) is 50.5 Å². The van der Waals surface area contributed by atoms with E-state index in [0.717, 1.165) is 16.7 Å². The van der Waals surface area contributed by atoms with E-state index in [9.17, 15) is 5.11 Å². The first-order valence-corrected chi connectivity index (χ1v) is 12.0. The fraction of sp³-hybridized carbons (Fsp3) is 0.357. The monoisotopic (exact) mass is 498 g/mol. The third-order valence-electron chi connectivity index (χ3n) is 5.93. The Hall–Kier alpha value is -2.29. The van der Waals surface area contributed by atoms with E-state index >= 15 is 0 Å². The van der Waals surface area contributed by atoms with Crippen LogP contribution < -0.4 is 0 Å². The van der Waals surface area contributed by atoms with Crippen LogP contribution in [0, 0.1) is 0 Å². The first-order chi connectivity index (χ1) is 17.2. The fourth-order valence-corrected chi connectivity index (χ4v) is 4.21. The lowest BCUT2D eigenvalue weighted by molar-refractivity contribution is -0.321. The summed E-state index contributed by atoms with van der Waals surface area (Å²) in [5.41, 5.74) is 2.99. The second-order valence-electron chi connectivity index (χ2n) is 8.39. The van der Waals surface area contributed by atoms with Crippen molar-refractivity contribution in [1.29, 1.82) is 0 Å². The maximum absolute atomic E-state index is 10.1. The van der Waals surface area contributed by atoms with Gasteiger partial charge in [-0.25, -0.2) is 0 Å². The number of hydrogen-bond donors (Lipinski definition) is 1. The Bertz CT molecular complexity index is 1000. The number of rotatable bonds is 11. The highest BCUT2D eigenvalue weighted by molar-refractivity contribution is 6.30. The summed E-state index contributed by atoms with van der Waals surface area (Å²) < 4.78 is 30.7. The zero-order valence-electron chi connectivity index (χ0n) is 19.7. The second kappa shape index (κ2) is 13.1. The number of hydrogen-bond acceptors (Lipinski definition) is 6. The molecule has 0 unspecified atom stereocenters. The van der Waals surface area contributed by atoms with Gasteiger partial charge < -0.3 is 28.8 Å². The van der Waals surface area contributed by atoms with Crippen molar-refractivity contribution in [3.05, 3.63) is 107 Å². The highest BCUT2D eigenvalue weighted by Crippen LogP contribution is 2.30. The number of benzene rings is 3. The lowest BCUT2D eigenvalue weighted by atomic mass is 9.98. The molecule has 1 heterocycles. The van der Waals surface area contributed by atoms with Crippen LogP contribution in [0.15, 0.2) is 84.9 Å². The van der Waals surface area contributed by atoms with Crippen LogP contribution in [-0.4, -0.2) is 49.5 Å². The van der Waals surface area contributed by atoms with Gasteiger partial charge in [0.25, 0.3) is 0 Å². The van der Waals surface area contributed by atoms with Crippen LogP contribution in [0.2, 0.25) is 5.02 Å². The zero-order chi connectivity index (χ0) is 24.5. The summed E-state index contributed by atoms with van der Waals surface area (Å²) in [4.78, 5) is 0. The molecule has 0 aliphatic carbocycles. The number of ether oxygens (including phenoxy) is 5.